The minimum atomic E-state index is 0.0660. The van der Waals surface area contributed by atoms with Gasteiger partial charge in [0, 0.05) is 25.4 Å². The van der Waals surface area contributed by atoms with E-state index in [4.69, 9.17) is 18.0 Å². The molecule has 1 unspecified atom stereocenters. The lowest BCUT2D eigenvalue weighted by atomic mass is 9.96. The topological polar surface area (TPSA) is 46.3 Å². The van der Waals surface area contributed by atoms with Crippen LogP contribution in [0.2, 0.25) is 0 Å². The number of nitrogens with two attached hydrogens (primary N) is 1. The van der Waals surface area contributed by atoms with Gasteiger partial charge < -0.3 is 10.6 Å². The molecule has 15 heavy (non-hydrogen) atoms. The second-order valence-corrected chi connectivity index (χ2v) is 4.69. The van der Waals surface area contributed by atoms with E-state index >= 15 is 0 Å². The molecule has 0 heterocycles. The summed E-state index contributed by atoms with van der Waals surface area (Å²) < 4.78 is 0. The zero-order chi connectivity index (χ0) is 12.0. The van der Waals surface area contributed by atoms with Gasteiger partial charge in [-0.15, -0.1) is 0 Å². The molecule has 1 amide bonds. The number of carbonyl (C=O) groups excluding carboxylic acids is 1. The summed E-state index contributed by atoms with van der Waals surface area (Å²) in [6, 6.07) is 0. The van der Waals surface area contributed by atoms with Crippen molar-refractivity contribution in [2.24, 2.45) is 17.6 Å². The molecule has 0 aromatic carbocycles. The van der Waals surface area contributed by atoms with Crippen LogP contribution in [0, 0.1) is 11.8 Å². The molecule has 0 fully saturated rings. The Hall–Kier alpha value is -0.640. The Kier molecular flexibility index (Phi) is 6.48. The third-order valence-corrected chi connectivity index (χ3v) is 2.92. The summed E-state index contributed by atoms with van der Waals surface area (Å²) in [7, 11) is 0. The van der Waals surface area contributed by atoms with Crippen molar-refractivity contribution in [3.63, 3.8) is 0 Å². The molecule has 0 spiro atoms. The van der Waals surface area contributed by atoms with Gasteiger partial charge in [0.2, 0.25) is 5.91 Å². The summed E-state index contributed by atoms with van der Waals surface area (Å²) in [6.45, 7) is 9.43. The summed E-state index contributed by atoms with van der Waals surface area (Å²) in [5.74, 6) is 0.636. The van der Waals surface area contributed by atoms with E-state index in [1.165, 1.54) is 0 Å². The standard InChI is InChI=1S/C11H22N2OS/c1-5-13(7-6-10(12)15)11(14)9(4)8(2)3/h8-9H,5-7H2,1-4H3,(H2,12,15). The highest BCUT2D eigenvalue weighted by Crippen LogP contribution is 2.13. The summed E-state index contributed by atoms with van der Waals surface area (Å²) >= 11 is 4.81. The van der Waals surface area contributed by atoms with E-state index < -0.39 is 0 Å². The largest absolute Gasteiger partial charge is 0.393 e. The first-order valence-electron chi connectivity index (χ1n) is 5.47. The smallest absolute Gasteiger partial charge is 0.225 e. The van der Waals surface area contributed by atoms with Gasteiger partial charge in [-0.3, -0.25) is 4.79 Å². The minimum absolute atomic E-state index is 0.0660. The van der Waals surface area contributed by atoms with E-state index in [9.17, 15) is 4.79 Å². The van der Waals surface area contributed by atoms with Crippen molar-refractivity contribution in [2.75, 3.05) is 13.1 Å². The fourth-order valence-corrected chi connectivity index (χ4v) is 1.33. The Morgan fingerprint density at radius 2 is 1.93 bits per heavy atom. The van der Waals surface area contributed by atoms with Crippen LogP contribution in [0.4, 0.5) is 0 Å². The maximum atomic E-state index is 12.0. The van der Waals surface area contributed by atoms with E-state index in [1.807, 2.05) is 18.7 Å². The molecule has 0 aliphatic heterocycles. The summed E-state index contributed by atoms with van der Waals surface area (Å²) in [4.78, 5) is 14.3. The highest BCUT2D eigenvalue weighted by molar-refractivity contribution is 7.80. The first-order valence-corrected chi connectivity index (χ1v) is 5.88. The van der Waals surface area contributed by atoms with Crippen LogP contribution in [-0.4, -0.2) is 28.9 Å². The van der Waals surface area contributed by atoms with Crippen molar-refractivity contribution in [3.8, 4) is 0 Å². The van der Waals surface area contributed by atoms with Gasteiger partial charge in [0.05, 0.1) is 4.99 Å². The molecule has 0 aliphatic carbocycles. The molecule has 0 saturated carbocycles. The van der Waals surface area contributed by atoms with Crippen molar-refractivity contribution >= 4 is 23.1 Å². The highest BCUT2D eigenvalue weighted by atomic mass is 32.1. The van der Waals surface area contributed by atoms with Crippen molar-refractivity contribution in [1.82, 2.24) is 4.90 Å². The number of hydrogen-bond donors (Lipinski definition) is 1. The number of carbonyl (C=O) groups is 1. The Morgan fingerprint density at radius 1 is 1.40 bits per heavy atom. The minimum Gasteiger partial charge on any atom is -0.393 e. The van der Waals surface area contributed by atoms with E-state index in [0.29, 0.717) is 23.9 Å². The quantitative estimate of drug-likeness (QED) is 0.708. The fraction of sp³-hybridized carbons (Fsp3) is 0.818. The van der Waals surface area contributed by atoms with Gasteiger partial charge in [0.25, 0.3) is 0 Å². The Morgan fingerprint density at radius 3 is 2.27 bits per heavy atom. The average Bonchev–Trinajstić information content (AvgIpc) is 2.16. The molecule has 0 aromatic rings. The van der Waals surface area contributed by atoms with E-state index in [2.05, 4.69) is 13.8 Å². The van der Waals surface area contributed by atoms with Gasteiger partial charge >= 0.3 is 0 Å². The average molecular weight is 230 g/mol. The molecule has 3 nitrogen and oxygen atoms in total. The van der Waals surface area contributed by atoms with Crippen LogP contribution in [0.3, 0.4) is 0 Å². The second kappa shape index (κ2) is 6.77. The van der Waals surface area contributed by atoms with Crippen LogP contribution < -0.4 is 5.73 Å². The number of rotatable bonds is 6. The van der Waals surface area contributed by atoms with Gasteiger partial charge in [-0.05, 0) is 12.8 Å². The van der Waals surface area contributed by atoms with Crippen LogP contribution in [0.5, 0.6) is 0 Å². The molecule has 88 valence electrons. The van der Waals surface area contributed by atoms with Gasteiger partial charge in [-0.2, -0.15) is 0 Å². The molecule has 0 rings (SSSR count). The normalized spacial score (nSPS) is 12.6. The number of amides is 1. The summed E-state index contributed by atoms with van der Waals surface area (Å²) in [6.07, 6.45) is 0.611. The fourth-order valence-electron chi connectivity index (χ4n) is 1.24. The Labute approximate surface area is 98.0 Å². The molecule has 4 heteroatoms. The molecule has 0 radical (unpaired) electrons. The summed E-state index contributed by atoms with van der Waals surface area (Å²) in [5.41, 5.74) is 5.42. The van der Waals surface area contributed by atoms with Crippen molar-refractivity contribution in [3.05, 3.63) is 0 Å². The predicted octanol–water partition coefficient (Wildman–Crippen LogP) is 1.80. The number of hydrogen-bond acceptors (Lipinski definition) is 2. The van der Waals surface area contributed by atoms with Gasteiger partial charge in [-0.1, -0.05) is 33.0 Å². The Balaban J connectivity index is 4.27. The maximum Gasteiger partial charge on any atom is 0.225 e. The molecular formula is C11H22N2OS. The lowest BCUT2D eigenvalue weighted by Crippen LogP contribution is -2.38. The van der Waals surface area contributed by atoms with Crippen LogP contribution in [0.25, 0.3) is 0 Å². The number of thiocarbonyl (C=S) groups is 1. The zero-order valence-corrected chi connectivity index (χ0v) is 10.9. The number of nitrogens with zero attached hydrogens (tertiary/aromatic N) is 1. The van der Waals surface area contributed by atoms with E-state index in [0.717, 1.165) is 6.54 Å². The first-order chi connectivity index (χ1) is 6.90. The molecule has 0 bridgehead atoms. The molecular weight excluding hydrogens is 208 g/mol. The van der Waals surface area contributed by atoms with Gasteiger partial charge in [0.15, 0.2) is 0 Å². The molecule has 0 saturated heterocycles. The third kappa shape index (κ3) is 5.11. The first kappa shape index (κ1) is 14.4. The van der Waals surface area contributed by atoms with Crippen molar-refractivity contribution in [1.29, 1.82) is 0 Å². The molecule has 2 N–H and O–H groups in total. The zero-order valence-electron chi connectivity index (χ0n) is 10.1. The van der Waals surface area contributed by atoms with Gasteiger partial charge in [0.1, 0.15) is 0 Å². The van der Waals surface area contributed by atoms with Crippen LogP contribution in [0.1, 0.15) is 34.1 Å². The monoisotopic (exact) mass is 230 g/mol. The van der Waals surface area contributed by atoms with Crippen molar-refractivity contribution in [2.45, 2.75) is 34.1 Å². The van der Waals surface area contributed by atoms with Crippen molar-refractivity contribution < 1.29 is 4.79 Å². The second-order valence-electron chi connectivity index (χ2n) is 4.17. The Bertz CT molecular complexity index is 229. The molecule has 1 atom stereocenters. The van der Waals surface area contributed by atoms with Gasteiger partial charge in [-0.25, -0.2) is 0 Å². The SMILES string of the molecule is CCN(CCC(N)=S)C(=O)C(C)C(C)C. The van der Waals surface area contributed by atoms with E-state index in [-0.39, 0.29) is 11.8 Å². The predicted molar refractivity (Wildman–Crippen MR) is 67.7 cm³/mol. The van der Waals surface area contributed by atoms with Crippen LogP contribution in [-0.2, 0) is 4.79 Å². The molecule has 0 aliphatic rings. The molecule has 0 aromatic heterocycles. The van der Waals surface area contributed by atoms with E-state index in [1.54, 1.807) is 0 Å². The maximum absolute atomic E-state index is 12.0. The lowest BCUT2D eigenvalue weighted by Gasteiger charge is -2.26. The lowest BCUT2D eigenvalue weighted by molar-refractivity contribution is -0.136. The summed E-state index contributed by atoms with van der Waals surface area (Å²) in [5, 5.41) is 0. The highest BCUT2D eigenvalue weighted by Gasteiger charge is 2.21. The van der Waals surface area contributed by atoms with Crippen LogP contribution >= 0.6 is 12.2 Å². The van der Waals surface area contributed by atoms with Crippen LogP contribution in [0.15, 0.2) is 0 Å². The third-order valence-electron chi connectivity index (χ3n) is 2.71.